The molecule has 1 aliphatic rings. The number of rotatable bonds is 2. The van der Waals surface area contributed by atoms with Gasteiger partial charge in [0.05, 0.1) is 5.54 Å². The molecule has 7 nitrogen and oxygen atoms in total. The SMILES string of the molecule is Cc1cc(C)c(C(=O)N2OC(n3cc(Cl)c(=O)[nH]c3=O)CC2(C)C)c(C)c1. The molecule has 27 heavy (non-hydrogen) atoms. The smallest absolute Gasteiger partial charge is 0.273 e. The average molecular weight is 392 g/mol. The summed E-state index contributed by atoms with van der Waals surface area (Å²) in [7, 11) is 0. The van der Waals surface area contributed by atoms with Gasteiger partial charge < -0.3 is 0 Å². The molecular formula is C19H22ClN3O4. The molecule has 1 N–H and O–H groups in total. The van der Waals surface area contributed by atoms with Crippen molar-refractivity contribution in [2.75, 3.05) is 0 Å². The summed E-state index contributed by atoms with van der Waals surface area (Å²) in [6, 6.07) is 3.90. The fourth-order valence-electron chi connectivity index (χ4n) is 3.58. The Morgan fingerprint density at radius 1 is 1.22 bits per heavy atom. The number of aromatic amines is 1. The number of halogens is 1. The predicted octanol–water partition coefficient (Wildman–Crippen LogP) is 2.87. The van der Waals surface area contributed by atoms with E-state index in [1.165, 1.54) is 15.8 Å². The summed E-state index contributed by atoms with van der Waals surface area (Å²) < 4.78 is 1.20. The van der Waals surface area contributed by atoms with Crippen LogP contribution in [0.15, 0.2) is 27.9 Å². The zero-order valence-corrected chi connectivity index (χ0v) is 16.7. The van der Waals surface area contributed by atoms with Crippen molar-refractivity contribution in [1.82, 2.24) is 14.6 Å². The number of hydroxylamine groups is 2. The van der Waals surface area contributed by atoms with Gasteiger partial charge in [-0.1, -0.05) is 29.3 Å². The first kappa shape index (κ1) is 19.4. The average Bonchev–Trinajstić information content (AvgIpc) is 2.85. The molecule has 0 spiro atoms. The van der Waals surface area contributed by atoms with E-state index >= 15 is 0 Å². The maximum atomic E-state index is 13.2. The highest BCUT2D eigenvalue weighted by Crippen LogP contribution is 2.38. The van der Waals surface area contributed by atoms with Crippen LogP contribution in [0.2, 0.25) is 5.02 Å². The van der Waals surface area contributed by atoms with Gasteiger partial charge in [0.25, 0.3) is 11.5 Å². The van der Waals surface area contributed by atoms with E-state index in [-0.39, 0.29) is 10.9 Å². The van der Waals surface area contributed by atoms with Gasteiger partial charge in [-0.25, -0.2) is 14.7 Å². The minimum Gasteiger partial charge on any atom is -0.273 e. The summed E-state index contributed by atoms with van der Waals surface area (Å²) >= 11 is 5.85. The van der Waals surface area contributed by atoms with Crippen LogP contribution in [0.4, 0.5) is 0 Å². The standard InChI is InChI=1S/C19H22ClN3O4/c1-10-6-11(2)15(12(3)7-10)17(25)23-19(4,5)8-14(27-23)22-9-13(20)16(24)21-18(22)26/h6-7,9,14H,8H2,1-5H3,(H,21,24,26). The number of amides is 1. The van der Waals surface area contributed by atoms with Crippen LogP contribution in [0.5, 0.6) is 0 Å². The van der Waals surface area contributed by atoms with Crippen LogP contribution in [-0.4, -0.2) is 26.1 Å². The number of aromatic nitrogens is 2. The summed E-state index contributed by atoms with van der Waals surface area (Å²) in [6.07, 6.45) is 0.849. The Kier molecular flexibility index (Phi) is 4.78. The molecule has 144 valence electrons. The van der Waals surface area contributed by atoms with Crippen LogP contribution in [0.1, 0.15) is 53.5 Å². The van der Waals surface area contributed by atoms with E-state index < -0.39 is 23.0 Å². The van der Waals surface area contributed by atoms with Crippen LogP contribution in [0.25, 0.3) is 0 Å². The highest BCUT2D eigenvalue weighted by Gasteiger charge is 2.45. The second-order valence-electron chi connectivity index (χ2n) is 7.59. The molecule has 0 bridgehead atoms. The van der Waals surface area contributed by atoms with Crippen molar-refractivity contribution in [3.63, 3.8) is 0 Å². The predicted molar refractivity (Wildman–Crippen MR) is 102 cm³/mol. The van der Waals surface area contributed by atoms with Crippen molar-refractivity contribution in [3.8, 4) is 0 Å². The summed E-state index contributed by atoms with van der Waals surface area (Å²) in [5, 5.41) is 1.19. The molecule has 3 rings (SSSR count). The summed E-state index contributed by atoms with van der Waals surface area (Å²) in [6.45, 7) is 9.48. The summed E-state index contributed by atoms with van der Waals surface area (Å²) in [5.41, 5.74) is 1.44. The molecule has 0 aliphatic carbocycles. The Morgan fingerprint density at radius 3 is 2.41 bits per heavy atom. The topological polar surface area (TPSA) is 84.4 Å². The monoisotopic (exact) mass is 391 g/mol. The number of hydrogen-bond donors (Lipinski definition) is 1. The van der Waals surface area contributed by atoms with E-state index in [1.54, 1.807) is 0 Å². The Morgan fingerprint density at radius 2 is 1.81 bits per heavy atom. The Labute approximate surface area is 161 Å². The molecule has 1 atom stereocenters. The lowest BCUT2D eigenvalue weighted by Crippen LogP contribution is -2.42. The van der Waals surface area contributed by atoms with Gasteiger partial charge in [0, 0.05) is 18.2 Å². The number of aryl methyl sites for hydroxylation is 3. The lowest BCUT2D eigenvalue weighted by Gasteiger charge is -2.29. The summed E-state index contributed by atoms with van der Waals surface area (Å²) in [4.78, 5) is 44.9. The van der Waals surface area contributed by atoms with Crippen LogP contribution in [-0.2, 0) is 4.84 Å². The van der Waals surface area contributed by atoms with Crippen molar-refractivity contribution in [2.45, 2.75) is 52.8 Å². The molecule has 0 radical (unpaired) electrons. The first-order valence-corrected chi connectivity index (χ1v) is 8.99. The van der Waals surface area contributed by atoms with Crippen LogP contribution in [0, 0.1) is 20.8 Å². The van der Waals surface area contributed by atoms with Crippen LogP contribution < -0.4 is 11.2 Å². The molecule has 1 amide bonds. The minimum absolute atomic E-state index is 0.119. The molecule has 1 aromatic heterocycles. The van der Waals surface area contributed by atoms with Gasteiger partial charge in [0.1, 0.15) is 5.02 Å². The quantitative estimate of drug-likeness (QED) is 0.853. The summed E-state index contributed by atoms with van der Waals surface area (Å²) in [5.74, 6) is -0.263. The first-order chi connectivity index (χ1) is 12.5. The van der Waals surface area contributed by atoms with Crippen molar-refractivity contribution >= 4 is 17.5 Å². The third kappa shape index (κ3) is 3.44. The van der Waals surface area contributed by atoms with E-state index in [1.807, 2.05) is 46.8 Å². The zero-order chi connectivity index (χ0) is 20.1. The normalized spacial score (nSPS) is 18.7. The van der Waals surface area contributed by atoms with Gasteiger partial charge >= 0.3 is 5.69 Å². The second-order valence-corrected chi connectivity index (χ2v) is 8.00. The van der Waals surface area contributed by atoms with Gasteiger partial charge in [-0.05, 0) is 45.7 Å². The number of carbonyl (C=O) groups excluding carboxylic acids is 1. The third-order valence-electron chi connectivity index (χ3n) is 4.76. The molecular weight excluding hydrogens is 370 g/mol. The van der Waals surface area contributed by atoms with Crippen LogP contribution >= 0.6 is 11.6 Å². The first-order valence-electron chi connectivity index (χ1n) is 8.61. The van der Waals surface area contributed by atoms with Gasteiger partial charge in [-0.2, -0.15) is 0 Å². The lowest BCUT2D eigenvalue weighted by atomic mass is 9.96. The third-order valence-corrected chi connectivity index (χ3v) is 5.03. The molecule has 1 fully saturated rings. The largest absolute Gasteiger partial charge is 0.330 e. The number of benzene rings is 1. The molecule has 2 heterocycles. The van der Waals surface area contributed by atoms with Crippen molar-refractivity contribution < 1.29 is 9.63 Å². The maximum absolute atomic E-state index is 13.2. The van der Waals surface area contributed by atoms with Gasteiger partial charge in [0.2, 0.25) is 0 Å². The van der Waals surface area contributed by atoms with Crippen LogP contribution in [0.3, 0.4) is 0 Å². The van der Waals surface area contributed by atoms with E-state index in [2.05, 4.69) is 4.98 Å². The Hall–Kier alpha value is -2.38. The Balaban J connectivity index is 1.99. The number of hydrogen-bond acceptors (Lipinski definition) is 4. The molecule has 0 saturated carbocycles. The zero-order valence-electron chi connectivity index (χ0n) is 15.9. The van der Waals surface area contributed by atoms with Gasteiger partial charge in [0.15, 0.2) is 6.23 Å². The van der Waals surface area contributed by atoms with E-state index in [0.717, 1.165) is 16.7 Å². The van der Waals surface area contributed by atoms with Gasteiger partial charge in [-0.3, -0.25) is 19.1 Å². The van der Waals surface area contributed by atoms with Crippen molar-refractivity contribution in [3.05, 3.63) is 66.4 Å². The maximum Gasteiger partial charge on any atom is 0.330 e. The molecule has 8 heteroatoms. The second kappa shape index (κ2) is 6.65. The molecule has 2 aromatic rings. The Bertz CT molecular complexity index is 1010. The molecule has 1 aromatic carbocycles. The van der Waals surface area contributed by atoms with E-state index in [4.69, 9.17) is 16.4 Å². The molecule has 1 saturated heterocycles. The fourth-order valence-corrected chi connectivity index (χ4v) is 3.73. The van der Waals surface area contributed by atoms with E-state index in [0.29, 0.717) is 12.0 Å². The van der Waals surface area contributed by atoms with Gasteiger partial charge in [-0.15, -0.1) is 0 Å². The number of H-pyrrole nitrogens is 1. The minimum atomic E-state index is -0.753. The van der Waals surface area contributed by atoms with E-state index in [9.17, 15) is 14.4 Å². The highest BCUT2D eigenvalue weighted by atomic mass is 35.5. The van der Waals surface area contributed by atoms with Crippen molar-refractivity contribution in [2.24, 2.45) is 0 Å². The number of carbonyl (C=O) groups is 1. The van der Waals surface area contributed by atoms with Crippen molar-refractivity contribution in [1.29, 1.82) is 0 Å². The number of nitrogens with zero attached hydrogens (tertiary/aromatic N) is 2. The molecule has 1 unspecified atom stereocenters. The highest BCUT2D eigenvalue weighted by molar-refractivity contribution is 6.30. The molecule has 1 aliphatic heterocycles. The lowest BCUT2D eigenvalue weighted by molar-refractivity contribution is -0.163. The fraction of sp³-hybridized carbons (Fsp3) is 0.421. The number of nitrogens with one attached hydrogen (secondary N) is 1.